The quantitative estimate of drug-likeness (QED) is 0.563. The summed E-state index contributed by atoms with van der Waals surface area (Å²) >= 11 is 0. The number of nitrogens with one attached hydrogen (secondary N) is 1. The predicted molar refractivity (Wildman–Crippen MR) is 38.9 cm³/mol. The van der Waals surface area contributed by atoms with Gasteiger partial charge in [0.2, 0.25) is 0 Å². The zero-order chi connectivity index (χ0) is 7.40. The SMILES string of the molecule is C[C@@H](O)C[C@@H]1COCCN1. The average Bonchev–Trinajstić information content (AvgIpc) is 1.88. The van der Waals surface area contributed by atoms with E-state index in [1.54, 1.807) is 6.92 Å². The van der Waals surface area contributed by atoms with Gasteiger partial charge in [0.05, 0.1) is 19.3 Å². The number of morpholine rings is 1. The molecule has 1 aliphatic rings. The minimum atomic E-state index is -0.223. The molecule has 0 spiro atoms. The molecule has 0 unspecified atom stereocenters. The Morgan fingerprint density at radius 3 is 3.10 bits per heavy atom. The van der Waals surface area contributed by atoms with Crippen molar-refractivity contribution in [1.82, 2.24) is 5.32 Å². The third-order valence-electron chi connectivity index (χ3n) is 1.62. The van der Waals surface area contributed by atoms with E-state index in [-0.39, 0.29) is 6.10 Å². The van der Waals surface area contributed by atoms with Crippen molar-refractivity contribution in [2.24, 2.45) is 0 Å². The summed E-state index contributed by atoms with van der Waals surface area (Å²) < 4.78 is 5.21. The van der Waals surface area contributed by atoms with Crippen LogP contribution in [0.3, 0.4) is 0 Å². The van der Waals surface area contributed by atoms with Gasteiger partial charge >= 0.3 is 0 Å². The van der Waals surface area contributed by atoms with Crippen LogP contribution in [0.1, 0.15) is 13.3 Å². The molecule has 0 aromatic carbocycles. The normalized spacial score (nSPS) is 30.0. The van der Waals surface area contributed by atoms with Crippen LogP contribution in [-0.2, 0) is 4.74 Å². The summed E-state index contributed by atoms with van der Waals surface area (Å²) in [6.07, 6.45) is 0.569. The zero-order valence-corrected chi connectivity index (χ0v) is 6.34. The van der Waals surface area contributed by atoms with Crippen molar-refractivity contribution in [1.29, 1.82) is 0 Å². The molecule has 2 N–H and O–H groups in total. The smallest absolute Gasteiger partial charge is 0.0621 e. The van der Waals surface area contributed by atoms with Crippen molar-refractivity contribution in [3.63, 3.8) is 0 Å². The van der Waals surface area contributed by atoms with E-state index in [1.165, 1.54) is 0 Å². The molecule has 0 saturated carbocycles. The van der Waals surface area contributed by atoms with E-state index in [0.717, 1.165) is 26.2 Å². The zero-order valence-electron chi connectivity index (χ0n) is 6.34. The molecule has 60 valence electrons. The predicted octanol–water partition coefficient (Wildman–Crippen LogP) is -0.254. The van der Waals surface area contributed by atoms with Crippen molar-refractivity contribution in [3.05, 3.63) is 0 Å². The Bertz CT molecular complexity index is 89.6. The third-order valence-corrected chi connectivity index (χ3v) is 1.62. The van der Waals surface area contributed by atoms with Crippen molar-refractivity contribution in [3.8, 4) is 0 Å². The van der Waals surface area contributed by atoms with Crippen molar-refractivity contribution < 1.29 is 9.84 Å². The Morgan fingerprint density at radius 2 is 2.60 bits per heavy atom. The second kappa shape index (κ2) is 3.91. The van der Waals surface area contributed by atoms with E-state index in [2.05, 4.69) is 5.32 Å². The summed E-state index contributed by atoms with van der Waals surface area (Å²) in [6.45, 7) is 4.26. The van der Waals surface area contributed by atoms with Crippen LogP contribution >= 0.6 is 0 Å². The maximum absolute atomic E-state index is 9.01. The number of rotatable bonds is 2. The molecule has 0 radical (unpaired) electrons. The second-order valence-corrected chi connectivity index (χ2v) is 2.81. The Morgan fingerprint density at radius 1 is 1.80 bits per heavy atom. The van der Waals surface area contributed by atoms with Gasteiger partial charge in [0.25, 0.3) is 0 Å². The Balaban J connectivity index is 2.13. The molecule has 0 aromatic rings. The molecular weight excluding hydrogens is 130 g/mol. The van der Waals surface area contributed by atoms with E-state index in [0.29, 0.717) is 6.04 Å². The first-order chi connectivity index (χ1) is 4.79. The molecule has 1 aliphatic heterocycles. The average molecular weight is 145 g/mol. The first kappa shape index (κ1) is 7.98. The Kier molecular flexibility index (Phi) is 3.12. The van der Waals surface area contributed by atoms with Crippen molar-refractivity contribution >= 4 is 0 Å². The van der Waals surface area contributed by atoms with E-state index in [4.69, 9.17) is 9.84 Å². The summed E-state index contributed by atoms with van der Waals surface area (Å²) in [5.41, 5.74) is 0. The Hall–Kier alpha value is -0.120. The Labute approximate surface area is 61.4 Å². The fourth-order valence-electron chi connectivity index (χ4n) is 1.18. The highest BCUT2D eigenvalue weighted by molar-refractivity contribution is 4.71. The highest BCUT2D eigenvalue weighted by Crippen LogP contribution is 2.01. The highest BCUT2D eigenvalue weighted by Gasteiger charge is 2.14. The van der Waals surface area contributed by atoms with Gasteiger partial charge in [-0.05, 0) is 13.3 Å². The van der Waals surface area contributed by atoms with Gasteiger partial charge in [-0.15, -0.1) is 0 Å². The standard InChI is InChI=1S/C7H15NO2/c1-6(9)4-7-5-10-3-2-8-7/h6-9H,2-5H2,1H3/t6-,7-/m1/s1. The van der Waals surface area contributed by atoms with Crippen molar-refractivity contribution in [2.75, 3.05) is 19.8 Å². The third kappa shape index (κ3) is 2.64. The molecular formula is C7H15NO2. The van der Waals surface area contributed by atoms with E-state index >= 15 is 0 Å². The number of aliphatic hydroxyl groups is 1. The van der Waals surface area contributed by atoms with E-state index < -0.39 is 0 Å². The van der Waals surface area contributed by atoms with Gasteiger partial charge in [-0.3, -0.25) is 0 Å². The van der Waals surface area contributed by atoms with Crippen LogP contribution in [-0.4, -0.2) is 37.0 Å². The van der Waals surface area contributed by atoms with Gasteiger partial charge in [-0.2, -0.15) is 0 Å². The van der Waals surface area contributed by atoms with Gasteiger partial charge in [0.15, 0.2) is 0 Å². The maximum atomic E-state index is 9.01. The first-order valence-corrected chi connectivity index (χ1v) is 3.78. The fraction of sp³-hybridized carbons (Fsp3) is 1.00. The lowest BCUT2D eigenvalue weighted by Crippen LogP contribution is -2.42. The minimum Gasteiger partial charge on any atom is -0.393 e. The van der Waals surface area contributed by atoms with Crippen LogP contribution in [0, 0.1) is 0 Å². The van der Waals surface area contributed by atoms with Crippen LogP contribution in [0.4, 0.5) is 0 Å². The van der Waals surface area contributed by atoms with Gasteiger partial charge < -0.3 is 15.2 Å². The fourth-order valence-corrected chi connectivity index (χ4v) is 1.18. The van der Waals surface area contributed by atoms with Gasteiger partial charge in [0, 0.05) is 12.6 Å². The monoisotopic (exact) mass is 145 g/mol. The summed E-state index contributed by atoms with van der Waals surface area (Å²) in [5, 5.41) is 12.3. The maximum Gasteiger partial charge on any atom is 0.0621 e. The summed E-state index contributed by atoms with van der Waals surface area (Å²) in [4.78, 5) is 0. The largest absolute Gasteiger partial charge is 0.393 e. The van der Waals surface area contributed by atoms with E-state index in [9.17, 15) is 0 Å². The number of hydrogen-bond acceptors (Lipinski definition) is 3. The summed E-state index contributed by atoms with van der Waals surface area (Å²) in [6, 6.07) is 0.355. The molecule has 3 heteroatoms. The molecule has 0 aliphatic carbocycles. The summed E-state index contributed by atoms with van der Waals surface area (Å²) in [5.74, 6) is 0. The lowest BCUT2D eigenvalue weighted by Gasteiger charge is -2.24. The molecule has 2 atom stereocenters. The van der Waals surface area contributed by atoms with Gasteiger partial charge in [-0.25, -0.2) is 0 Å². The molecule has 0 amide bonds. The number of hydrogen-bond donors (Lipinski definition) is 2. The molecule has 0 bridgehead atoms. The molecule has 1 fully saturated rings. The minimum absolute atomic E-state index is 0.223. The van der Waals surface area contributed by atoms with Crippen LogP contribution < -0.4 is 5.32 Å². The summed E-state index contributed by atoms with van der Waals surface area (Å²) in [7, 11) is 0. The highest BCUT2D eigenvalue weighted by atomic mass is 16.5. The second-order valence-electron chi connectivity index (χ2n) is 2.81. The topological polar surface area (TPSA) is 41.5 Å². The first-order valence-electron chi connectivity index (χ1n) is 3.78. The molecule has 10 heavy (non-hydrogen) atoms. The van der Waals surface area contributed by atoms with E-state index in [1.807, 2.05) is 0 Å². The van der Waals surface area contributed by atoms with Crippen LogP contribution in [0.15, 0.2) is 0 Å². The lowest BCUT2D eigenvalue weighted by molar-refractivity contribution is 0.0557. The van der Waals surface area contributed by atoms with Crippen molar-refractivity contribution in [2.45, 2.75) is 25.5 Å². The molecule has 1 rings (SSSR count). The number of ether oxygens (including phenoxy) is 1. The van der Waals surface area contributed by atoms with Crippen LogP contribution in [0.2, 0.25) is 0 Å². The molecule has 1 heterocycles. The molecule has 3 nitrogen and oxygen atoms in total. The van der Waals surface area contributed by atoms with Gasteiger partial charge in [0.1, 0.15) is 0 Å². The lowest BCUT2D eigenvalue weighted by atomic mass is 10.1. The van der Waals surface area contributed by atoms with Gasteiger partial charge in [-0.1, -0.05) is 0 Å². The molecule has 0 aromatic heterocycles. The van der Waals surface area contributed by atoms with Crippen LogP contribution in [0.5, 0.6) is 0 Å². The van der Waals surface area contributed by atoms with Crippen LogP contribution in [0.25, 0.3) is 0 Å². The molecule has 1 saturated heterocycles. The number of aliphatic hydroxyl groups excluding tert-OH is 1.